The lowest BCUT2D eigenvalue weighted by Gasteiger charge is -2.18. The van der Waals surface area contributed by atoms with E-state index in [1.807, 2.05) is 56.6 Å². The van der Waals surface area contributed by atoms with E-state index in [4.69, 9.17) is 18.9 Å². The molecule has 3 aromatic carbocycles. The smallest absolute Gasteiger partial charge is 0.361 e. The third-order valence-electron chi connectivity index (χ3n) is 6.94. The van der Waals surface area contributed by atoms with E-state index in [-0.39, 0.29) is 31.4 Å². The average Bonchev–Trinajstić information content (AvgIpc) is 3.47. The lowest BCUT2D eigenvalue weighted by Crippen LogP contribution is -2.31. The van der Waals surface area contributed by atoms with Crippen LogP contribution in [0.4, 0.5) is 5.69 Å². The molecule has 0 bridgehead atoms. The quantitative estimate of drug-likeness (QED) is 0.161. The predicted molar refractivity (Wildman–Crippen MR) is 164 cm³/mol. The summed E-state index contributed by atoms with van der Waals surface area (Å²) in [6.45, 7) is 6.14. The maximum absolute atomic E-state index is 13.7. The molecule has 42 heavy (non-hydrogen) atoms. The van der Waals surface area contributed by atoms with Gasteiger partial charge in [0.25, 0.3) is 5.91 Å². The van der Waals surface area contributed by atoms with Crippen LogP contribution in [0.5, 0.6) is 0 Å². The number of aromatic nitrogens is 2. The zero-order valence-corrected chi connectivity index (χ0v) is 25.3. The number of imidazole rings is 1. The molecule has 0 N–H and O–H groups in total. The molecule has 0 spiro atoms. The Morgan fingerprint density at radius 1 is 0.929 bits per heavy atom. The van der Waals surface area contributed by atoms with Crippen LogP contribution in [0.15, 0.2) is 78.0 Å². The van der Waals surface area contributed by atoms with Crippen molar-refractivity contribution in [3.8, 4) is 0 Å². The first-order valence-electron chi connectivity index (χ1n) is 14.0. The van der Waals surface area contributed by atoms with Crippen LogP contribution < -0.4 is 10.2 Å². The Morgan fingerprint density at radius 3 is 2.33 bits per heavy atom. The van der Waals surface area contributed by atoms with Gasteiger partial charge in [-0.25, -0.2) is 4.98 Å². The number of fused-ring (bicyclic) bond motifs is 2. The molecule has 11 heteroatoms. The molecule has 2 heterocycles. The third-order valence-corrected chi connectivity index (χ3v) is 9.07. The van der Waals surface area contributed by atoms with Gasteiger partial charge in [-0.15, -0.1) is 0 Å². The summed E-state index contributed by atoms with van der Waals surface area (Å²) in [5, 5.41) is 4.75. The van der Waals surface area contributed by atoms with Crippen LogP contribution in [0.3, 0.4) is 0 Å². The highest BCUT2D eigenvalue weighted by Gasteiger charge is 2.35. The summed E-state index contributed by atoms with van der Waals surface area (Å²) in [6.07, 6.45) is 0. The van der Waals surface area contributed by atoms with Crippen molar-refractivity contribution >= 4 is 41.2 Å². The van der Waals surface area contributed by atoms with Crippen LogP contribution in [0.25, 0.3) is 11.0 Å². The maximum atomic E-state index is 13.7. The van der Waals surface area contributed by atoms with Crippen LogP contribution in [-0.2, 0) is 42.9 Å². The van der Waals surface area contributed by atoms with Gasteiger partial charge in [0, 0.05) is 18.7 Å². The number of hydrogen-bond donors (Lipinski definition) is 0. The fourth-order valence-electron chi connectivity index (χ4n) is 4.92. The Balaban J connectivity index is 1.35. The number of oxime groups is 1. The van der Waals surface area contributed by atoms with Gasteiger partial charge in [-0.1, -0.05) is 47.6 Å². The van der Waals surface area contributed by atoms with Gasteiger partial charge >= 0.3 is 7.60 Å². The number of para-hydroxylation sites is 3. The molecule has 4 aromatic rings. The SMILES string of the molecule is CCOP(=O)(OCC)c1ccc(CO/N=C2/C(=O)N(Cc3nc4ccccc4n3CCN(C)C)c3ccccc32)cc1. The fraction of sp³-hybridized carbons (Fsp3) is 0.323. The molecule has 0 fully saturated rings. The van der Waals surface area contributed by atoms with Gasteiger partial charge < -0.3 is 23.4 Å². The Hall–Kier alpha value is -3.82. The molecule has 0 saturated carbocycles. The van der Waals surface area contributed by atoms with Gasteiger partial charge in [-0.3, -0.25) is 14.3 Å². The van der Waals surface area contributed by atoms with Crippen molar-refractivity contribution in [2.24, 2.45) is 5.16 Å². The Labute approximate surface area is 246 Å². The van der Waals surface area contributed by atoms with E-state index in [0.29, 0.717) is 17.4 Å². The number of rotatable bonds is 13. The lowest BCUT2D eigenvalue weighted by atomic mass is 10.1. The van der Waals surface area contributed by atoms with Gasteiger partial charge in [0.05, 0.1) is 41.8 Å². The van der Waals surface area contributed by atoms with Crippen molar-refractivity contribution in [3.05, 3.63) is 89.7 Å². The van der Waals surface area contributed by atoms with Crippen LogP contribution in [0, 0.1) is 0 Å². The second-order valence-corrected chi connectivity index (χ2v) is 12.1. The van der Waals surface area contributed by atoms with Gasteiger partial charge in [-0.05, 0) is 63.8 Å². The fourth-order valence-corrected chi connectivity index (χ4v) is 6.48. The third kappa shape index (κ3) is 6.17. The minimum absolute atomic E-state index is 0.132. The van der Waals surface area contributed by atoms with Crippen molar-refractivity contribution in [2.45, 2.75) is 33.5 Å². The van der Waals surface area contributed by atoms with E-state index in [2.05, 4.69) is 20.7 Å². The average molecular weight is 590 g/mol. The topological polar surface area (TPSA) is 98.5 Å². The van der Waals surface area contributed by atoms with Crippen molar-refractivity contribution in [3.63, 3.8) is 0 Å². The molecule has 0 atom stereocenters. The minimum Gasteiger partial charge on any atom is -0.390 e. The summed E-state index contributed by atoms with van der Waals surface area (Å²) in [5.41, 5.74) is 4.46. The van der Waals surface area contributed by atoms with Crippen LogP contribution in [0.2, 0.25) is 0 Å². The molecule has 0 radical (unpaired) electrons. The summed E-state index contributed by atoms with van der Waals surface area (Å²) < 4.78 is 26.0. The summed E-state index contributed by atoms with van der Waals surface area (Å²) in [6, 6.07) is 22.6. The zero-order valence-electron chi connectivity index (χ0n) is 24.4. The van der Waals surface area contributed by atoms with Crippen molar-refractivity contribution in [1.82, 2.24) is 14.5 Å². The molecule has 1 amide bonds. The lowest BCUT2D eigenvalue weighted by molar-refractivity contribution is -0.112. The number of hydrogen-bond acceptors (Lipinski definition) is 8. The first-order chi connectivity index (χ1) is 20.3. The summed E-state index contributed by atoms with van der Waals surface area (Å²) >= 11 is 0. The standard InChI is InChI=1S/C31H36N5O5P/c1-5-40-42(38,41-6-2)24-17-15-23(16-18-24)22-39-33-30-25-11-7-9-13-27(25)36(31(30)37)21-29-32-26-12-8-10-14-28(26)35(29)20-19-34(3)4/h7-18H,5-6,19-22H2,1-4H3/b33-30+. The van der Waals surface area contributed by atoms with E-state index in [1.165, 1.54) is 0 Å². The molecule has 0 unspecified atom stereocenters. The number of carbonyl (C=O) groups excluding carboxylic acids is 1. The first kappa shape index (κ1) is 29.7. The largest absolute Gasteiger partial charge is 0.390 e. The van der Waals surface area contributed by atoms with E-state index in [1.54, 1.807) is 43.0 Å². The number of likely N-dealkylation sites (N-methyl/N-ethyl adjacent to an activating group) is 1. The predicted octanol–water partition coefficient (Wildman–Crippen LogP) is 4.96. The van der Waals surface area contributed by atoms with Gasteiger partial charge in [0.2, 0.25) is 0 Å². The first-order valence-corrected chi connectivity index (χ1v) is 15.6. The Kier molecular flexibility index (Phi) is 9.18. The van der Waals surface area contributed by atoms with E-state index < -0.39 is 7.60 Å². The van der Waals surface area contributed by atoms with Crippen LogP contribution in [0.1, 0.15) is 30.8 Å². The maximum Gasteiger partial charge on any atom is 0.361 e. The Bertz CT molecular complexity index is 1620. The monoisotopic (exact) mass is 589 g/mol. The van der Waals surface area contributed by atoms with Crippen LogP contribution >= 0.6 is 7.60 Å². The van der Waals surface area contributed by atoms with Crippen LogP contribution in [-0.4, -0.2) is 59.9 Å². The highest BCUT2D eigenvalue weighted by atomic mass is 31.2. The van der Waals surface area contributed by atoms with E-state index >= 15 is 0 Å². The molecule has 1 aliphatic rings. The summed E-state index contributed by atoms with van der Waals surface area (Å²) in [7, 11) is 0.710. The minimum atomic E-state index is -3.37. The molecular weight excluding hydrogens is 553 g/mol. The normalized spacial score (nSPS) is 14.4. The second-order valence-electron chi connectivity index (χ2n) is 10.1. The molecule has 0 saturated heterocycles. The molecule has 220 valence electrons. The highest BCUT2D eigenvalue weighted by Crippen LogP contribution is 2.46. The van der Waals surface area contributed by atoms with Crippen molar-refractivity contribution < 1.29 is 23.2 Å². The number of benzene rings is 3. The number of amides is 1. The summed E-state index contributed by atoms with van der Waals surface area (Å²) in [4.78, 5) is 28.1. The molecule has 1 aromatic heterocycles. The number of nitrogens with zero attached hydrogens (tertiary/aromatic N) is 5. The van der Waals surface area contributed by atoms with Crippen molar-refractivity contribution in [1.29, 1.82) is 0 Å². The Morgan fingerprint density at radius 2 is 1.62 bits per heavy atom. The van der Waals surface area contributed by atoms with E-state index in [9.17, 15) is 9.36 Å². The molecule has 10 nitrogen and oxygen atoms in total. The van der Waals surface area contributed by atoms with Crippen molar-refractivity contribution in [2.75, 3.05) is 38.8 Å². The van der Waals surface area contributed by atoms with E-state index in [0.717, 1.165) is 41.2 Å². The molecule has 0 aliphatic carbocycles. The van der Waals surface area contributed by atoms with Gasteiger partial charge in [0.15, 0.2) is 5.71 Å². The molecule has 5 rings (SSSR count). The second kappa shape index (κ2) is 13.0. The van der Waals surface area contributed by atoms with Gasteiger partial charge in [-0.2, -0.15) is 0 Å². The number of carbonyl (C=O) groups is 1. The zero-order chi connectivity index (χ0) is 29.7. The summed E-state index contributed by atoms with van der Waals surface area (Å²) in [5.74, 6) is 0.562. The highest BCUT2D eigenvalue weighted by molar-refractivity contribution is 7.62. The number of anilines is 1. The molecule has 1 aliphatic heterocycles. The molecular formula is C31H36N5O5P. The van der Waals surface area contributed by atoms with Gasteiger partial charge in [0.1, 0.15) is 12.4 Å².